The van der Waals surface area contributed by atoms with Crippen molar-refractivity contribution in [3.05, 3.63) is 23.7 Å². The molecule has 1 aromatic rings. The first-order valence-electron chi connectivity index (χ1n) is 7.35. The summed E-state index contributed by atoms with van der Waals surface area (Å²) < 4.78 is 16.8. The highest BCUT2D eigenvalue weighted by atomic mass is 16.5. The molecule has 2 saturated heterocycles. The van der Waals surface area contributed by atoms with E-state index in [1.54, 1.807) is 0 Å². The minimum absolute atomic E-state index is 0.101. The van der Waals surface area contributed by atoms with E-state index in [9.17, 15) is 5.11 Å². The van der Waals surface area contributed by atoms with Crippen LogP contribution in [0.5, 0.6) is 0 Å². The molecule has 2 fully saturated rings. The molecule has 0 aliphatic carbocycles. The van der Waals surface area contributed by atoms with Gasteiger partial charge in [-0.2, -0.15) is 0 Å². The molecule has 2 aliphatic heterocycles. The second-order valence-corrected chi connectivity index (χ2v) is 5.87. The number of aliphatic hydroxyl groups excluding tert-OH is 1. The smallest absolute Gasteiger partial charge is 0.123 e. The standard InChI is InChI=1S/C15H23NO4/c1-2-12-3-4-14(20-12)13-7-18-6-5-16(13)8-15(9-17)10-19-11-15/h3-4,13,17H,2,5-11H2,1H3. The summed E-state index contributed by atoms with van der Waals surface area (Å²) in [5, 5.41) is 9.60. The molecule has 5 heteroatoms. The number of hydrogen-bond donors (Lipinski definition) is 1. The number of morpholine rings is 1. The van der Waals surface area contributed by atoms with Crippen molar-refractivity contribution in [2.45, 2.75) is 19.4 Å². The van der Waals surface area contributed by atoms with Crippen LogP contribution in [0.1, 0.15) is 24.5 Å². The molecule has 5 nitrogen and oxygen atoms in total. The SMILES string of the molecule is CCc1ccc(C2COCCN2CC2(CO)COC2)o1. The quantitative estimate of drug-likeness (QED) is 0.879. The molecular formula is C15H23NO4. The van der Waals surface area contributed by atoms with Crippen LogP contribution in [0.25, 0.3) is 0 Å². The van der Waals surface area contributed by atoms with E-state index in [1.165, 1.54) is 0 Å². The lowest BCUT2D eigenvalue weighted by molar-refractivity contribution is -0.161. The van der Waals surface area contributed by atoms with Crippen molar-refractivity contribution in [1.82, 2.24) is 4.90 Å². The van der Waals surface area contributed by atoms with Crippen LogP contribution in [-0.2, 0) is 15.9 Å². The topological polar surface area (TPSA) is 55.1 Å². The third-order valence-electron chi connectivity index (χ3n) is 4.29. The average Bonchev–Trinajstić information content (AvgIpc) is 2.92. The van der Waals surface area contributed by atoms with Gasteiger partial charge in [0.15, 0.2) is 0 Å². The van der Waals surface area contributed by atoms with E-state index in [2.05, 4.69) is 11.8 Å². The lowest BCUT2D eigenvalue weighted by Gasteiger charge is -2.46. The average molecular weight is 281 g/mol. The highest BCUT2D eigenvalue weighted by molar-refractivity contribution is 5.12. The second kappa shape index (κ2) is 5.85. The molecule has 0 saturated carbocycles. The Labute approximate surface area is 119 Å². The van der Waals surface area contributed by atoms with Gasteiger partial charge in [-0.25, -0.2) is 0 Å². The first-order valence-corrected chi connectivity index (χ1v) is 7.35. The highest BCUT2D eigenvalue weighted by Crippen LogP contribution is 2.33. The number of nitrogens with zero attached hydrogens (tertiary/aromatic N) is 1. The third-order valence-corrected chi connectivity index (χ3v) is 4.29. The van der Waals surface area contributed by atoms with Crippen LogP contribution in [0.15, 0.2) is 16.5 Å². The van der Waals surface area contributed by atoms with Gasteiger partial charge in [0.2, 0.25) is 0 Å². The zero-order chi connectivity index (χ0) is 14.0. The Balaban J connectivity index is 1.73. The van der Waals surface area contributed by atoms with Gasteiger partial charge in [0.25, 0.3) is 0 Å². The number of aliphatic hydroxyl groups is 1. The number of aryl methyl sites for hydroxylation is 1. The maximum Gasteiger partial charge on any atom is 0.123 e. The lowest BCUT2D eigenvalue weighted by atomic mass is 9.85. The van der Waals surface area contributed by atoms with Crippen molar-refractivity contribution in [2.24, 2.45) is 5.41 Å². The fourth-order valence-electron chi connectivity index (χ4n) is 2.91. The normalized spacial score (nSPS) is 26.4. The van der Waals surface area contributed by atoms with Gasteiger partial charge >= 0.3 is 0 Å². The van der Waals surface area contributed by atoms with Crippen LogP contribution in [0.3, 0.4) is 0 Å². The fourth-order valence-corrected chi connectivity index (χ4v) is 2.91. The molecule has 0 radical (unpaired) electrons. The Bertz CT molecular complexity index is 435. The molecular weight excluding hydrogens is 258 g/mol. The summed E-state index contributed by atoms with van der Waals surface area (Å²) in [6.45, 7) is 6.64. The van der Waals surface area contributed by atoms with E-state index >= 15 is 0 Å². The van der Waals surface area contributed by atoms with Gasteiger partial charge < -0.3 is 19.0 Å². The van der Waals surface area contributed by atoms with E-state index in [0.29, 0.717) is 19.8 Å². The van der Waals surface area contributed by atoms with Crippen molar-refractivity contribution in [2.75, 3.05) is 46.1 Å². The van der Waals surface area contributed by atoms with E-state index in [4.69, 9.17) is 13.9 Å². The zero-order valence-corrected chi connectivity index (χ0v) is 12.0. The summed E-state index contributed by atoms with van der Waals surface area (Å²) >= 11 is 0. The van der Waals surface area contributed by atoms with Gasteiger partial charge in [-0.1, -0.05) is 6.92 Å². The Morgan fingerprint density at radius 1 is 1.35 bits per heavy atom. The summed E-state index contributed by atoms with van der Waals surface area (Å²) in [7, 11) is 0. The number of hydrogen-bond acceptors (Lipinski definition) is 5. The van der Waals surface area contributed by atoms with Gasteiger partial charge in [-0.05, 0) is 12.1 Å². The summed E-state index contributed by atoms with van der Waals surface area (Å²) in [6.07, 6.45) is 0.905. The van der Waals surface area contributed by atoms with Crippen molar-refractivity contribution >= 4 is 0 Å². The maximum absolute atomic E-state index is 9.60. The van der Waals surface area contributed by atoms with Crippen LogP contribution in [0.4, 0.5) is 0 Å². The molecule has 0 aromatic carbocycles. The molecule has 20 heavy (non-hydrogen) atoms. The molecule has 1 atom stereocenters. The molecule has 0 spiro atoms. The summed E-state index contributed by atoms with van der Waals surface area (Å²) in [6, 6.07) is 4.23. The van der Waals surface area contributed by atoms with E-state index in [-0.39, 0.29) is 18.1 Å². The van der Waals surface area contributed by atoms with Crippen molar-refractivity contribution in [3.63, 3.8) is 0 Å². The molecule has 0 amide bonds. The van der Waals surface area contributed by atoms with Crippen molar-refractivity contribution in [1.29, 1.82) is 0 Å². The van der Waals surface area contributed by atoms with Crippen molar-refractivity contribution in [3.8, 4) is 0 Å². The first kappa shape index (κ1) is 14.1. The summed E-state index contributed by atoms with van der Waals surface area (Å²) in [5.41, 5.74) is -0.101. The van der Waals surface area contributed by atoms with Crippen LogP contribution in [0.2, 0.25) is 0 Å². The van der Waals surface area contributed by atoms with Crippen LogP contribution < -0.4 is 0 Å². The molecule has 0 bridgehead atoms. The summed E-state index contributed by atoms with van der Waals surface area (Å²) in [5.74, 6) is 1.98. The molecule has 3 heterocycles. The number of furan rings is 1. The lowest BCUT2D eigenvalue weighted by Crippen LogP contribution is -2.55. The third kappa shape index (κ3) is 2.63. The largest absolute Gasteiger partial charge is 0.464 e. The molecule has 1 unspecified atom stereocenters. The first-order chi connectivity index (χ1) is 9.76. The number of rotatable bonds is 5. The van der Waals surface area contributed by atoms with E-state index < -0.39 is 0 Å². The Hall–Kier alpha value is -0.880. The molecule has 112 valence electrons. The van der Waals surface area contributed by atoms with Gasteiger partial charge in [0, 0.05) is 19.5 Å². The zero-order valence-electron chi connectivity index (χ0n) is 12.0. The van der Waals surface area contributed by atoms with Gasteiger partial charge in [0.05, 0.1) is 44.5 Å². The second-order valence-electron chi connectivity index (χ2n) is 5.87. The van der Waals surface area contributed by atoms with Crippen LogP contribution >= 0.6 is 0 Å². The Morgan fingerprint density at radius 3 is 2.80 bits per heavy atom. The van der Waals surface area contributed by atoms with Gasteiger partial charge in [-0.15, -0.1) is 0 Å². The van der Waals surface area contributed by atoms with Crippen molar-refractivity contribution < 1.29 is 19.0 Å². The van der Waals surface area contributed by atoms with Gasteiger partial charge in [-0.3, -0.25) is 4.90 Å². The predicted octanol–water partition coefficient (Wildman–Crippen LogP) is 1.22. The Kier molecular flexibility index (Phi) is 4.12. The van der Waals surface area contributed by atoms with Crippen LogP contribution in [-0.4, -0.2) is 56.1 Å². The van der Waals surface area contributed by atoms with Crippen LogP contribution in [0, 0.1) is 5.41 Å². The molecule has 1 aromatic heterocycles. The van der Waals surface area contributed by atoms with E-state index in [0.717, 1.165) is 37.6 Å². The number of ether oxygens (including phenoxy) is 2. The van der Waals surface area contributed by atoms with E-state index in [1.807, 2.05) is 12.1 Å². The highest BCUT2D eigenvalue weighted by Gasteiger charge is 2.42. The molecule has 2 aliphatic rings. The minimum Gasteiger partial charge on any atom is -0.464 e. The minimum atomic E-state index is -0.101. The molecule has 1 N–H and O–H groups in total. The summed E-state index contributed by atoms with van der Waals surface area (Å²) in [4.78, 5) is 2.36. The van der Waals surface area contributed by atoms with Gasteiger partial charge in [0.1, 0.15) is 11.5 Å². The maximum atomic E-state index is 9.60. The predicted molar refractivity (Wildman–Crippen MR) is 73.6 cm³/mol. The fraction of sp³-hybridized carbons (Fsp3) is 0.733. The Morgan fingerprint density at radius 2 is 2.20 bits per heavy atom. The monoisotopic (exact) mass is 281 g/mol. The molecule has 3 rings (SSSR count).